The van der Waals surface area contributed by atoms with Gasteiger partial charge in [-0.15, -0.1) is 0 Å². The fourth-order valence-electron chi connectivity index (χ4n) is 3.78. The second-order valence-electron chi connectivity index (χ2n) is 7.19. The number of amides is 2. The van der Waals surface area contributed by atoms with Crippen LogP contribution in [0.15, 0.2) is 73.1 Å². The summed E-state index contributed by atoms with van der Waals surface area (Å²) in [5, 5.41) is 11.5. The predicted octanol–water partition coefficient (Wildman–Crippen LogP) is 2.94. The molecule has 0 fully saturated rings. The normalized spacial score (nSPS) is 13.0. The van der Waals surface area contributed by atoms with Crippen LogP contribution in [0.5, 0.6) is 0 Å². The molecule has 1 unspecified atom stereocenters. The summed E-state index contributed by atoms with van der Waals surface area (Å²) in [5.41, 5.74) is 6.82. The minimum atomic E-state index is -1.28. The zero-order valence-electron chi connectivity index (χ0n) is 16.5. The van der Waals surface area contributed by atoms with Crippen molar-refractivity contribution in [3.05, 3.63) is 84.2 Å². The third-order valence-electron chi connectivity index (χ3n) is 5.17. The van der Waals surface area contributed by atoms with Crippen LogP contribution in [0.3, 0.4) is 0 Å². The standard InChI is InChI=1S/C23H21N3O5/c27-21(28)13-20(22(29)25-26-11-5-6-12-26)24-23(30)31-14-19-17-9-3-1-7-15(17)16-8-2-4-10-18(16)19/h1-12,19-20H,13-14H2,(H,24,30)(H,25,29)(H,27,28). The van der Waals surface area contributed by atoms with Gasteiger partial charge in [0.25, 0.3) is 5.91 Å². The number of nitrogens with one attached hydrogen (secondary N) is 2. The van der Waals surface area contributed by atoms with Gasteiger partial charge in [-0.3, -0.25) is 19.7 Å². The number of benzene rings is 2. The molecule has 1 aliphatic carbocycles. The van der Waals surface area contributed by atoms with E-state index in [1.165, 1.54) is 4.68 Å². The van der Waals surface area contributed by atoms with Crippen molar-refractivity contribution < 1.29 is 24.2 Å². The molecule has 2 amide bonds. The van der Waals surface area contributed by atoms with Crippen LogP contribution in [0.1, 0.15) is 23.5 Å². The number of nitrogens with zero attached hydrogens (tertiary/aromatic N) is 1. The Balaban J connectivity index is 1.43. The van der Waals surface area contributed by atoms with Crippen molar-refractivity contribution in [3.8, 4) is 11.1 Å². The summed E-state index contributed by atoms with van der Waals surface area (Å²) in [6, 6.07) is 18.0. The zero-order valence-corrected chi connectivity index (χ0v) is 16.5. The second-order valence-corrected chi connectivity index (χ2v) is 7.19. The molecule has 158 valence electrons. The Hall–Kier alpha value is -4.07. The molecule has 4 rings (SSSR count). The molecule has 0 spiro atoms. The number of alkyl carbamates (subject to hydrolysis) is 1. The first kappa shape index (κ1) is 20.2. The third kappa shape index (κ3) is 4.42. The van der Waals surface area contributed by atoms with Crippen LogP contribution in [0.2, 0.25) is 0 Å². The summed E-state index contributed by atoms with van der Waals surface area (Å²) in [5.74, 6) is -2.01. The van der Waals surface area contributed by atoms with Crippen LogP contribution < -0.4 is 10.7 Å². The van der Waals surface area contributed by atoms with Crippen LogP contribution in [-0.4, -0.2) is 40.4 Å². The number of carbonyl (C=O) groups is 3. The molecule has 0 bridgehead atoms. The van der Waals surface area contributed by atoms with Gasteiger partial charge in [0.05, 0.1) is 6.42 Å². The molecule has 2 aromatic carbocycles. The van der Waals surface area contributed by atoms with Gasteiger partial charge in [-0.05, 0) is 34.4 Å². The maximum absolute atomic E-state index is 12.4. The smallest absolute Gasteiger partial charge is 0.407 e. The van der Waals surface area contributed by atoms with Crippen molar-refractivity contribution in [2.24, 2.45) is 0 Å². The van der Waals surface area contributed by atoms with Crippen molar-refractivity contribution in [2.75, 3.05) is 12.0 Å². The number of rotatable bonds is 7. The van der Waals surface area contributed by atoms with E-state index in [9.17, 15) is 14.4 Å². The zero-order chi connectivity index (χ0) is 21.8. The molecule has 1 atom stereocenters. The number of ether oxygens (including phenoxy) is 1. The molecular formula is C23H21N3O5. The van der Waals surface area contributed by atoms with Crippen LogP contribution in [0.25, 0.3) is 11.1 Å². The van der Waals surface area contributed by atoms with E-state index in [0.29, 0.717) is 0 Å². The van der Waals surface area contributed by atoms with E-state index in [1.807, 2.05) is 48.5 Å². The van der Waals surface area contributed by atoms with Gasteiger partial charge in [-0.25, -0.2) is 4.79 Å². The largest absolute Gasteiger partial charge is 0.481 e. The molecule has 31 heavy (non-hydrogen) atoms. The summed E-state index contributed by atoms with van der Waals surface area (Å²) in [4.78, 5) is 36.0. The number of hydrogen-bond acceptors (Lipinski definition) is 4. The van der Waals surface area contributed by atoms with E-state index in [1.54, 1.807) is 24.5 Å². The Labute approximate surface area is 178 Å². The van der Waals surface area contributed by atoms with Gasteiger partial charge in [0.2, 0.25) is 0 Å². The number of fused-ring (bicyclic) bond motifs is 3. The Kier molecular flexibility index (Phi) is 5.70. The highest BCUT2D eigenvalue weighted by molar-refractivity contribution is 5.94. The molecule has 0 saturated carbocycles. The highest BCUT2D eigenvalue weighted by Crippen LogP contribution is 2.44. The molecule has 1 heterocycles. The van der Waals surface area contributed by atoms with Crippen molar-refractivity contribution in [2.45, 2.75) is 18.4 Å². The molecule has 8 nitrogen and oxygen atoms in total. The van der Waals surface area contributed by atoms with Gasteiger partial charge >= 0.3 is 12.1 Å². The van der Waals surface area contributed by atoms with Crippen molar-refractivity contribution in [1.82, 2.24) is 9.99 Å². The number of carboxylic acid groups (broad SMARTS) is 1. The maximum atomic E-state index is 12.4. The monoisotopic (exact) mass is 419 g/mol. The third-order valence-corrected chi connectivity index (χ3v) is 5.17. The van der Waals surface area contributed by atoms with E-state index < -0.39 is 30.4 Å². The van der Waals surface area contributed by atoms with Gasteiger partial charge in [0, 0.05) is 18.3 Å². The van der Waals surface area contributed by atoms with E-state index >= 15 is 0 Å². The summed E-state index contributed by atoms with van der Waals surface area (Å²) in [6.45, 7) is 0.0683. The molecule has 0 saturated heterocycles. The van der Waals surface area contributed by atoms with Gasteiger partial charge < -0.3 is 15.2 Å². The lowest BCUT2D eigenvalue weighted by Gasteiger charge is -2.19. The summed E-state index contributed by atoms with van der Waals surface area (Å²) in [7, 11) is 0. The lowest BCUT2D eigenvalue weighted by atomic mass is 9.98. The average Bonchev–Trinajstić information content (AvgIpc) is 3.37. The van der Waals surface area contributed by atoms with Crippen LogP contribution in [-0.2, 0) is 14.3 Å². The van der Waals surface area contributed by atoms with Crippen molar-refractivity contribution in [3.63, 3.8) is 0 Å². The second kappa shape index (κ2) is 8.74. The Morgan fingerprint density at radius 2 is 1.52 bits per heavy atom. The molecule has 1 aromatic heterocycles. The minimum Gasteiger partial charge on any atom is -0.481 e. The first-order valence-electron chi connectivity index (χ1n) is 9.80. The summed E-state index contributed by atoms with van der Waals surface area (Å²) in [6.07, 6.45) is 1.75. The molecule has 3 aromatic rings. The first-order chi connectivity index (χ1) is 15.0. The number of hydrogen-bond donors (Lipinski definition) is 3. The van der Waals surface area contributed by atoms with Crippen LogP contribution >= 0.6 is 0 Å². The van der Waals surface area contributed by atoms with Gasteiger partial charge in [-0.1, -0.05) is 48.5 Å². The predicted molar refractivity (Wildman–Crippen MR) is 113 cm³/mol. The number of aromatic nitrogens is 1. The highest BCUT2D eigenvalue weighted by atomic mass is 16.5. The average molecular weight is 419 g/mol. The maximum Gasteiger partial charge on any atom is 0.407 e. The summed E-state index contributed by atoms with van der Waals surface area (Å²) < 4.78 is 6.78. The van der Waals surface area contributed by atoms with E-state index in [-0.39, 0.29) is 12.5 Å². The molecular weight excluding hydrogens is 398 g/mol. The van der Waals surface area contributed by atoms with Gasteiger partial charge in [0.1, 0.15) is 12.6 Å². The lowest BCUT2D eigenvalue weighted by Crippen LogP contribution is -2.47. The van der Waals surface area contributed by atoms with Gasteiger partial charge in [-0.2, -0.15) is 0 Å². The van der Waals surface area contributed by atoms with E-state index in [4.69, 9.17) is 9.84 Å². The molecule has 8 heteroatoms. The SMILES string of the molecule is O=C(O)CC(NC(=O)OCC1c2ccccc2-c2ccccc21)C(=O)Nn1cccc1. The Bertz CT molecular complexity index is 1060. The van der Waals surface area contributed by atoms with Crippen molar-refractivity contribution >= 4 is 18.0 Å². The highest BCUT2D eigenvalue weighted by Gasteiger charge is 2.30. The Morgan fingerprint density at radius 3 is 2.10 bits per heavy atom. The van der Waals surface area contributed by atoms with E-state index in [0.717, 1.165) is 22.3 Å². The first-order valence-corrected chi connectivity index (χ1v) is 9.80. The number of aliphatic carboxylic acids is 1. The van der Waals surface area contributed by atoms with E-state index in [2.05, 4.69) is 10.7 Å². The van der Waals surface area contributed by atoms with Crippen LogP contribution in [0, 0.1) is 0 Å². The summed E-state index contributed by atoms with van der Waals surface area (Å²) >= 11 is 0. The van der Waals surface area contributed by atoms with Crippen LogP contribution in [0.4, 0.5) is 4.79 Å². The Morgan fingerprint density at radius 1 is 0.935 bits per heavy atom. The molecule has 0 radical (unpaired) electrons. The molecule has 3 N–H and O–H groups in total. The fourth-order valence-corrected chi connectivity index (χ4v) is 3.78. The lowest BCUT2D eigenvalue weighted by molar-refractivity contribution is -0.139. The molecule has 0 aliphatic heterocycles. The topological polar surface area (TPSA) is 110 Å². The van der Waals surface area contributed by atoms with Gasteiger partial charge in [0.15, 0.2) is 0 Å². The van der Waals surface area contributed by atoms with Crippen molar-refractivity contribution in [1.29, 1.82) is 0 Å². The fraction of sp³-hybridized carbons (Fsp3) is 0.174. The number of carboxylic acids is 1. The number of carbonyl (C=O) groups excluding carboxylic acids is 2. The molecule has 1 aliphatic rings. The quantitative estimate of drug-likeness (QED) is 0.546. The minimum absolute atomic E-state index is 0.0683.